The molecule has 7 rings (SSSR count). The smallest absolute Gasteiger partial charge is 0.162 e. The quantitative estimate of drug-likeness (QED) is 0.235. The Balaban J connectivity index is 1.55. The van der Waals surface area contributed by atoms with Gasteiger partial charge in [0.05, 0.1) is 5.69 Å². The van der Waals surface area contributed by atoms with Crippen LogP contribution in [0, 0.1) is 5.41 Å². The van der Waals surface area contributed by atoms with Crippen LogP contribution in [0.5, 0.6) is 0 Å². The van der Waals surface area contributed by atoms with Crippen LogP contribution < -0.4 is 5.32 Å². The third-order valence-electron chi connectivity index (χ3n) is 7.81. The standard InChI is InChI=1S/C32H26Cl2N4O/c1-32(2)15-25-28(26(39)16-32)27(18-7-9-19(33)10-8-18)29-30(23-17-35-24-6-4-3-5-22(23)24)37-38(31(29)36-25)21-13-11-20(34)12-14-21/h3-14,17,27,35-36H,15-16H2,1-2H3. The second-order valence-electron chi connectivity index (χ2n) is 11.2. The second-order valence-corrected chi connectivity index (χ2v) is 12.1. The minimum absolute atomic E-state index is 0.143. The average molecular weight is 553 g/mol. The Kier molecular flexibility index (Phi) is 5.51. The molecule has 3 heterocycles. The monoisotopic (exact) mass is 552 g/mol. The van der Waals surface area contributed by atoms with E-state index in [1.54, 1.807) is 0 Å². The van der Waals surface area contributed by atoms with Crippen LogP contribution in [-0.4, -0.2) is 20.5 Å². The molecule has 1 aliphatic heterocycles. The van der Waals surface area contributed by atoms with Crippen LogP contribution in [0.15, 0.2) is 90.3 Å². The van der Waals surface area contributed by atoms with Crippen molar-refractivity contribution in [3.8, 4) is 16.9 Å². The molecular formula is C32H26Cl2N4O. The number of hydrogen-bond donors (Lipinski definition) is 2. The summed E-state index contributed by atoms with van der Waals surface area (Å²) in [5.41, 5.74) is 7.36. The van der Waals surface area contributed by atoms with Crippen molar-refractivity contribution in [3.05, 3.63) is 111 Å². The lowest BCUT2D eigenvalue weighted by molar-refractivity contribution is -0.118. The van der Waals surface area contributed by atoms with Gasteiger partial charge < -0.3 is 10.3 Å². The number of nitrogens with zero attached hydrogens (tertiary/aromatic N) is 2. The summed E-state index contributed by atoms with van der Waals surface area (Å²) in [6.07, 6.45) is 3.28. The van der Waals surface area contributed by atoms with Crippen molar-refractivity contribution < 1.29 is 4.79 Å². The molecule has 2 aromatic heterocycles. The van der Waals surface area contributed by atoms with Crippen molar-refractivity contribution in [1.29, 1.82) is 0 Å². The van der Waals surface area contributed by atoms with Crippen molar-refractivity contribution in [2.75, 3.05) is 5.32 Å². The molecular weight excluding hydrogens is 527 g/mol. The van der Waals surface area contributed by atoms with E-state index >= 15 is 0 Å². The molecule has 0 bridgehead atoms. The number of aromatic amines is 1. The Labute approximate surface area is 236 Å². The lowest BCUT2D eigenvalue weighted by Crippen LogP contribution is -2.34. The van der Waals surface area contributed by atoms with Gasteiger partial charge in [-0.2, -0.15) is 5.10 Å². The fraction of sp³-hybridized carbons (Fsp3) is 0.188. The van der Waals surface area contributed by atoms with Crippen molar-refractivity contribution in [3.63, 3.8) is 0 Å². The summed E-state index contributed by atoms with van der Waals surface area (Å²) in [6.45, 7) is 4.30. The second kappa shape index (κ2) is 8.87. The van der Waals surface area contributed by atoms with E-state index < -0.39 is 0 Å². The molecule has 0 amide bonds. The first-order valence-corrected chi connectivity index (χ1v) is 13.8. The summed E-state index contributed by atoms with van der Waals surface area (Å²) in [5, 5.41) is 11.3. The third kappa shape index (κ3) is 4.00. The molecule has 0 fully saturated rings. The Bertz CT molecular complexity index is 1790. The van der Waals surface area contributed by atoms with Gasteiger partial charge in [0, 0.05) is 61.9 Å². The number of nitrogens with one attached hydrogen (secondary N) is 2. The number of para-hydroxylation sites is 1. The summed E-state index contributed by atoms with van der Waals surface area (Å²) in [7, 11) is 0. The highest BCUT2D eigenvalue weighted by molar-refractivity contribution is 6.30. The van der Waals surface area contributed by atoms with Crippen LogP contribution in [-0.2, 0) is 4.79 Å². The number of hydrogen-bond acceptors (Lipinski definition) is 3. The van der Waals surface area contributed by atoms with Crippen LogP contribution in [0.3, 0.4) is 0 Å². The molecule has 5 nitrogen and oxygen atoms in total. The Morgan fingerprint density at radius 3 is 2.36 bits per heavy atom. The maximum Gasteiger partial charge on any atom is 0.162 e. The van der Waals surface area contributed by atoms with Gasteiger partial charge in [-0.15, -0.1) is 0 Å². The molecule has 0 saturated heterocycles. The largest absolute Gasteiger partial charge is 0.360 e. The summed E-state index contributed by atoms with van der Waals surface area (Å²) in [6, 6.07) is 23.7. The predicted octanol–water partition coefficient (Wildman–Crippen LogP) is 8.53. The van der Waals surface area contributed by atoms with Gasteiger partial charge >= 0.3 is 0 Å². The molecule has 0 saturated carbocycles. The first-order valence-electron chi connectivity index (χ1n) is 13.0. The topological polar surface area (TPSA) is 62.7 Å². The van der Waals surface area contributed by atoms with Gasteiger partial charge in [0.1, 0.15) is 11.5 Å². The van der Waals surface area contributed by atoms with Crippen molar-refractivity contribution in [2.24, 2.45) is 5.41 Å². The number of rotatable bonds is 3. The van der Waals surface area contributed by atoms with Crippen molar-refractivity contribution in [1.82, 2.24) is 14.8 Å². The number of halogens is 2. The minimum Gasteiger partial charge on any atom is -0.360 e. The van der Waals surface area contributed by atoms with Crippen LogP contribution >= 0.6 is 23.2 Å². The fourth-order valence-electron chi connectivity index (χ4n) is 6.12. The molecule has 1 atom stereocenters. The van der Waals surface area contributed by atoms with Crippen LogP contribution in [0.25, 0.3) is 27.8 Å². The molecule has 1 unspecified atom stereocenters. The normalized spacial score (nSPS) is 18.2. The summed E-state index contributed by atoms with van der Waals surface area (Å²) < 4.78 is 1.95. The van der Waals surface area contributed by atoms with E-state index in [9.17, 15) is 4.79 Å². The zero-order valence-corrected chi connectivity index (χ0v) is 23.1. The molecule has 39 heavy (non-hydrogen) atoms. The van der Waals surface area contributed by atoms with Crippen LogP contribution in [0.4, 0.5) is 5.82 Å². The van der Waals surface area contributed by atoms with E-state index in [-0.39, 0.29) is 17.1 Å². The minimum atomic E-state index is -0.290. The Morgan fingerprint density at radius 2 is 1.62 bits per heavy atom. The Hall–Kier alpha value is -3.80. The van der Waals surface area contributed by atoms with Crippen molar-refractivity contribution in [2.45, 2.75) is 32.6 Å². The SMILES string of the molecule is CC1(C)CC(=O)C2=C(C1)Nc1c(c(-c3c[nH]c4ccccc34)nn1-c1ccc(Cl)cc1)C2c1ccc(Cl)cc1. The lowest BCUT2D eigenvalue weighted by Gasteiger charge is -2.38. The molecule has 3 aromatic carbocycles. The average Bonchev–Trinajstić information content (AvgIpc) is 3.49. The number of aromatic nitrogens is 3. The zero-order chi connectivity index (χ0) is 26.9. The molecule has 7 heteroatoms. The lowest BCUT2D eigenvalue weighted by atomic mass is 9.69. The highest BCUT2D eigenvalue weighted by Crippen LogP contribution is 2.52. The van der Waals surface area contributed by atoms with Gasteiger partial charge in [-0.05, 0) is 59.9 Å². The van der Waals surface area contributed by atoms with E-state index in [1.807, 2.05) is 71.5 Å². The van der Waals surface area contributed by atoms with Gasteiger partial charge in [-0.25, -0.2) is 4.68 Å². The third-order valence-corrected chi connectivity index (χ3v) is 8.31. The maximum absolute atomic E-state index is 13.9. The molecule has 194 valence electrons. The van der Waals surface area contributed by atoms with Crippen molar-refractivity contribution >= 4 is 45.7 Å². The van der Waals surface area contributed by atoms with E-state index in [2.05, 4.69) is 36.3 Å². The number of carbonyl (C=O) groups is 1. The van der Waals surface area contributed by atoms with Crippen LogP contribution in [0.2, 0.25) is 10.0 Å². The van der Waals surface area contributed by atoms with E-state index in [4.69, 9.17) is 28.3 Å². The highest BCUT2D eigenvalue weighted by Gasteiger charge is 2.43. The number of benzene rings is 3. The number of anilines is 1. The van der Waals surface area contributed by atoms with Gasteiger partial charge in [-0.1, -0.05) is 67.4 Å². The molecule has 5 aromatic rings. The molecule has 0 spiro atoms. The molecule has 2 N–H and O–H groups in total. The molecule has 1 aliphatic carbocycles. The number of allylic oxidation sites excluding steroid dienone is 2. The first kappa shape index (κ1) is 24.3. The number of H-pyrrole nitrogens is 1. The zero-order valence-electron chi connectivity index (χ0n) is 21.6. The number of fused-ring (bicyclic) bond motifs is 2. The summed E-state index contributed by atoms with van der Waals surface area (Å²) >= 11 is 12.6. The molecule has 0 radical (unpaired) electrons. The van der Waals surface area contributed by atoms with Gasteiger partial charge in [0.2, 0.25) is 0 Å². The van der Waals surface area contributed by atoms with E-state index in [1.165, 1.54) is 0 Å². The highest BCUT2D eigenvalue weighted by atomic mass is 35.5. The Morgan fingerprint density at radius 1 is 0.923 bits per heavy atom. The maximum atomic E-state index is 13.9. The predicted molar refractivity (Wildman–Crippen MR) is 158 cm³/mol. The van der Waals surface area contributed by atoms with Gasteiger partial charge in [0.25, 0.3) is 0 Å². The van der Waals surface area contributed by atoms with Gasteiger partial charge in [-0.3, -0.25) is 4.79 Å². The number of ketones is 1. The first-order chi connectivity index (χ1) is 18.8. The number of Topliss-reactive ketones (excluding diaryl/α,β-unsaturated/α-hetero) is 1. The summed E-state index contributed by atoms with van der Waals surface area (Å²) in [4.78, 5) is 17.3. The van der Waals surface area contributed by atoms with E-state index in [0.717, 1.165) is 62.5 Å². The van der Waals surface area contributed by atoms with Crippen LogP contribution in [0.1, 0.15) is 43.7 Å². The fourth-order valence-corrected chi connectivity index (χ4v) is 6.37. The number of carbonyl (C=O) groups excluding carboxylic acids is 1. The summed E-state index contributed by atoms with van der Waals surface area (Å²) in [5.74, 6) is 0.743. The van der Waals surface area contributed by atoms with Gasteiger partial charge in [0.15, 0.2) is 5.78 Å². The van der Waals surface area contributed by atoms with E-state index in [0.29, 0.717) is 16.5 Å². The molecule has 2 aliphatic rings.